The number of phenolic OH excluding ortho intramolecular Hbond substituents is 1. The molecule has 0 heterocycles. The van der Waals surface area contributed by atoms with Gasteiger partial charge in [0.05, 0.1) is 0 Å². The lowest BCUT2D eigenvalue weighted by atomic mass is 9.70. The maximum Gasteiger partial charge on any atom is 0.115 e. The molecule has 0 radical (unpaired) electrons. The molecular formula is C17H27NO. The van der Waals surface area contributed by atoms with Gasteiger partial charge in [-0.1, -0.05) is 32.9 Å². The van der Waals surface area contributed by atoms with Crippen molar-refractivity contribution < 1.29 is 5.11 Å². The predicted octanol–water partition coefficient (Wildman–Crippen LogP) is 3.74. The Labute approximate surface area is 117 Å². The van der Waals surface area contributed by atoms with Crippen LogP contribution in [-0.4, -0.2) is 17.7 Å². The highest BCUT2D eigenvalue weighted by Crippen LogP contribution is 2.38. The van der Waals surface area contributed by atoms with Gasteiger partial charge in [0.25, 0.3) is 0 Å². The van der Waals surface area contributed by atoms with Crippen molar-refractivity contribution in [3.63, 3.8) is 0 Å². The molecule has 106 valence electrons. The van der Waals surface area contributed by atoms with Crippen molar-refractivity contribution >= 4 is 0 Å². The second-order valence-electron chi connectivity index (χ2n) is 6.98. The third-order valence-electron chi connectivity index (χ3n) is 4.17. The minimum Gasteiger partial charge on any atom is -0.508 e. The zero-order chi connectivity index (χ0) is 13.9. The molecule has 0 spiro atoms. The topological polar surface area (TPSA) is 32.3 Å². The van der Waals surface area contributed by atoms with Gasteiger partial charge in [0.2, 0.25) is 0 Å². The molecule has 1 aliphatic carbocycles. The summed E-state index contributed by atoms with van der Waals surface area (Å²) in [5, 5.41) is 13.0. The lowest BCUT2D eigenvalue weighted by Gasteiger charge is -2.39. The van der Waals surface area contributed by atoms with Crippen LogP contribution in [0.15, 0.2) is 24.3 Å². The van der Waals surface area contributed by atoms with Gasteiger partial charge in [-0.25, -0.2) is 0 Å². The third-order valence-corrected chi connectivity index (χ3v) is 4.17. The summed E-state index contributed by atoms with van der Waals surface area (Å²) in [7, 11) is 0. The first-order valence-corrected chi connectivity index (χ1v) is 7.46. The fraction of sp³-hybridized carbons (Fsp3) is 0.647. The van der Waals surface area contributed by atoms with E-state index >= 15 is 0 Å². The maximum atomic E-state index is 9.26. The van der Waals surface area contributed by atoms with Crippen LogP contribution in [-0.2, 0) is 6.42 Å². The highest BCUT2D eigenvalue weighted by molar-refractivity contribution is 5.25. The summed E-state index contributed by atoms with van der Waals surface area (Å²) in [4.78, 5) is 0. The summed E-state index contributed by atoms with van der Waals surface area (Å²) in [5.41, 5.74) is 1.77. The van der Waals surface area contributed by atoms with E-state index in [1.165, 1.54) is 24.8 Å². The van der Waals surface area contributed by atoms with Crippen molar-refractivity contribution in [3.05, 3.63) is 29.8 Å². The van der Waals surface area contributed by atoms with Gasteiger partial charge in [-0.2, -0.15) is 0 Å². The van der Waals surface area contributed by atoms with Crippen molar-refractivity contribution in [2.45, 2.75) is 52.5 Å². The fourth-order valence-corrected chi connectivity index (χ4v) is 3.58. The molecule has 0 saturated heterocycles. The van der Waals surface area contributed by atoms with Crippen LogP contribution in [0.4, 0.5) is 0 Å². The number of rotatable bonds is 4. The Morgan fingerprint density at radius 2 is 1.89 bits per heavy atom. The maximum absolute atomic E-state index is 9.26. The van der Waals surface area contributed by atoms with E-state index in [2.05, 4.69) is 26.1 Å². The quantitative estimate of drug-likeness (QED) is 0.865. The van der Waals surface area contributed by atoms with Gasteiger partial charge in [0, 0.05) is 6.04 Å². The molecule has 0 aliphatic heterocycles. The Balaban J connectivity index is 1.77. The Kier molecular flexibility index (Phi) is 4.51. The van der Waals surface area contributed by atoms with Gasteiger partial charge in [-0.15, -0.1) is 0 Å². The number of hydrogen-bond donors (Lipinski definition) is 2. The van der Waals surface area contributed by atoms with Gasteiger partial charge in [0.15, 0.2) is 0 Å². The summed E-state index contributed by atoms with van der Waals surface area (Å²) in [6, 6.07) is 8.20. The van der Waals surface area contributed by atoms with Gasteiger partial charge < -0.3 is 10.4 Å². The van der Waals surface area contributed by atoms with E-state index in [1.807, 2.05) is 12.1 Å². The van der Waals surface area contributed by atoms with Crippen molar-refractivity contribution in [3.8, 4) is 5.75 Å². The monoisotopic (exact) mass is 261 g/mol. The van der Waals surface area contributed by atoms with Gasteiger partial charge in [-0.3, -0.25) is 0 Å². The van der Waals surface area contributed by atoms with Crippen LogP contribution in [0, 0.1) is 11.3 Å². The molecule has 1 saturated carbocycles. The number of phenols is 1. The third kappa shape index (κ3) is 4.54. The van der Waals surface area contributed by atoms with Crippen LogP contribution in [0.2, 0.25) is 0 Å². The van der Waals surface area contributed by atoms with E-state index in [0.29, 0.717) is 17.2 Å². The van der Waals surface area contributed by atoms with E-state index < -0.39 is 0 Å². The Hall–Kier alpha value is -1.02. The standard InChI is InChI=1S/C17H27NO/c1-13-10-15(12-17(2,3)11-13)18-9-8-14-4-6-16(19)7-5-14/h4-7,13,15,18-19H,8-12H2,1-3H3. The van der Waals surface area contributed by atoms with Crippen LogP contribution in [0.3, 0.4) is 0 Å². The van der Waals surface area contributed by atoms with Gasteiger partial charge in [0.1, 0.15) is 5.75 Å². The van der Waals surface area contributed by atoms with E-state index in [1.54, 1.807) is 12.1 Å². The molecule has 2 nitrogen and oxygen atoms in total. The molecule has 1 aromatic rings. The summed E-state index contributed by atoms with van der Waals surface area (Å²) in [6.45, 7) is 8.17. The lowest BCUT2D eigenvalue weighted by molar-refractivity contribution is 0.152. The lowest BCUT2D eigenvalue weighted by Crippen LogP contribution is -2.40. The summed E-state index contributed by atoms with van der Waals surface area (Å²) in [5.74, 6) is 1.18. The highest BCUT2D eigenvalue weighted by Gasteiger charge is 2.31. The van der Waals surface area contributed by atoms with Gasteiger partial charge in [-0.05, 0) is 61.3 Å². The smallest absolute Gasteiger partial charge is 0.115 e. The van der Waals surface area contributed by atoms with Crippen LogP contribution >= 0.6 is 0 Å². The molecule has 0 amide bonds. The molecule has 2 unspecified atom stereocenters. The van der Waals surface area contributed by atoms with E-state index in [0.717, 1.165) is 18.9 Å². The molecule has 19 heavy (non-hydrogen) atoms. The first kappa shape index (κ1) is 14.4. The second-order valence-corrected chi connectivity index (χ2v) is 6.98. The Morgan fingerprint density at radius 3 is 2.53 bits per heavy atom. The second kappa shape index (κ2) is 5.96. The molecular weight excluding hydrogens is 234 g/mol. The number of nitrogens with one attached hydrogen (secondary N) is 1. The van der Waals surface area contributed by atoms with Crippen molar-refractivity contribution in [1.29, 1.82) is 0 Å². The van der Waals surface area contributed by atoms with Crippen molar-refractivity contribution in [2.75, 3.05) is 6.54 Å². The van der Waals surface area contributed by atoms with Crippen molar-refractivity contribution in [1.82, 2.24) is 5.32 Å². The first-order chi connectivity index (χ1) is 8.94. The SMILES string of the molecule is CC1CC(NCCc2ccc(O)cc2)CC(C)(C)C1. The number of aromatic hydroxyl groups is 1. The number of benzene rings is 1. The first-order valence-electron chi connectivity index (χ1n) is 7.46. The van der Waals surface area contributed by atoms with Crippen molar-refractivity contribution in [2.24, 2.45) is 11.3 Å². The summed E-state index contributed by atoms with van der Waals surface area (Å²) >= 11 is 0. The molecule has 2 rings (SSSR count). The average Bonchev–Trinajstić information content (AvgIpc) is 2.29. The molecule has 2 N–H and O–H groups in total. The summed E-state index contributed by atoms with van der Waals surface area (Å²) < 4.78 is 0. The molecule has 1 fully saturated rings. The fourth-order valence-electron chi connectivity index (χ4n) is 3.58. The molecule has 0 aromatic heterocycles. The van der Waals surface area contributed by atoms with Crippen LogP contribution in [0.1, 0.15) is 45.6 Å². The van der Waals surface area contributed by atoms with Crippen LogP contribution in [0.25, 0.3) is 0 Å². The van der Waals surface area contributed by atoms with E-state index in [4.69, 9.17) is 0 Å². The minimum atomic E-state index is 0.347. The normalized spacial score (nSPS) is 26.3. The molecule has 2 heteroatoms. The average molecular weight is 261 g/mol. The summed E-state index contributed by atoms with van der Waals surface area (Å²) in [6.07, 6.45) is 4.97. The van der Waals surface area contributed by atoms with Crippen LogP contribution in [0.5, 0.6) is 5.75 Å². The van der Waals surface area contributed by atoms with Crippen LogP contribution < -0.4 is 5.32 Å². The number of hydrogen-bond acceptors (Lipinski definition) is 2. The highest BCUT2D eigenvalue weighted by atomic mass is 16.3. The van der Waals surface area contributed by atoms with Gasteiger partial charge >= 0.3 is 0 Å². The molecule has 1 aromatic carbocycles. The Bertz CT molecular complexity index is 396. The largest absolute Gasteiger partial charge is 0.508 e. The zero-order valence-corrected chi connectivity index (χ0v) is 12.4. The molecule has 2 atom stereocenters. The minimum absolute atomic E-state index is 0.347. The zero-order valence-electron chi connectivity index (χ0n) is 12.4. The van der Waals surface area contributed by atoms with E-state index in [-0.39, 0.29) is 0 Å². The molecule has 1 aliphatic rings. The predicted molar refractivity (Wildman–Crippen MR) is 80.4 cm³/mol. The molecule has 0 bridgehead atoms. The Morgan fingerprint density at radius 1 is 1.21 bits per heavy atom. The van der Waals surface area contributed by atoms with E-state index in [9.17, 15) is 5.11 Å².